The summed E-state index contributed by atoms with van der Waals surface area (Å²) >= 11 is 5.32. The first-order valence-corrected chi connectivity index (χ1v) is 11.0. The summed E-state index contributed by atoms with van der Waals surface area (Å²) in [6, 6.07) is 19.0. The highest BCUT2D eigenvalue weighted by Gasteiger charge is 2.16. The number of anilines is 1. The molecule has 2 N–H and O–H groups in total. The average Bonchev–Trinajstić information content (AvgIpc) is 3.19. The highest BCUT2D eigenvalue weighted by atomic mass is 32.1. The van der Waals surface area contributed by atoms with Gasteiger partial charge in [0.05, 0.1) is 7.11 Å². The van der Waals surface area contributed by atoms with E-state index in [0.29, 0.717) is 33.2 Å². The number of rotatable bonds is 8. The molecule has 0 aliphatic heterocycles. The molecule has 0 atom stereocenters. The number of alkyl halides is 2. The summed E-state index contributed by atoms with van der Waals surface area (Å²) in [5.41, 5.74) is 3.29. The van der Waals surface area contributed by atoms with Gasteiger partial charge in [0, 0.05) is 16.8 Å². The normalized spacial score (nSPS) is 10.9. The molecule has 4 aromatic rings. The Morgan fingerprint density at radius 3 is 2.57 bits per heavy atom. The van der Waals surface area contributed by atoms with E-state index in [9.17, 15) is 13.6 Å². The Kier molecular flexibility index (Phi) is 7.21. The van der Waals surface area contributed by atoms with E-state index in [2.05, 4.69) is 20.3 Å². The molecule has 0 spiro atoms. The van der Waals surface area contributed by atoms with Crippen molar-refractivity contribution in [3.05, 3.63) is 77.1 Å². The summed E-state index contributed by atoms with van der Waals surface area (Å²) < 4.78 is 37.7. The van der Waals surface area contributed by atoms with Crippen LogP contribution in [0.1, 0.15) is 5.56 Å². The van der Waals surface area contributed by atoms with Crippen molar-refractivity contribution in [2.45, 2.75) is 20.1 Å². The minimum atomic E-state index is -2.99. The number of aryl methyl sites for hydroxylation is 1. The van der Waals surface area contributed by atoms with Crippen LogP contribution in [0.25, 0.3) is 22.5 Å². The SMILES string of the molecule is COc1ccc(-c2cc(NC(=O)Cn3c(-c4cccc(C)c4)n[nH]c3=S)ccc2OC(F)F)cc1. The first-order valence-electron chi connectivity index (χ1n) is 10.6. The van der Waals surface area contributed by atoms with Crippen LogP contribution in [0.2, 0.25) is 0 Å². The Hall–Kier alpha value is -4.05. The highest BCUT2D eigenvalue weighted by Crippen LogP contribution is 2.34. The van der Waals surface area contributed by atoms with Gasteiger partial charge >= 0.3 is 6.61 Å². The molecule has 0 saturated carbocycles. The Labute approximate surface area is 205 Å². The average molecular weight is 497 g/mol. The summed E-state index contributed by atoms with van der Waals surface area (Å²) in [6.45, 7) is -1.12. The lowest BCUT2D eigenvalue weighted by atomic mass is 10.0. The van der Waals surface area contributed by atoms with Crippen molar-refractivity contribution in [1.29, 1.82) is 0 Å². The molecule has 1 aromatic heterocycles. The van der Waals surface area contributed by atoms with E-state index in [1.807, 2.05) is 31.2 Å². The number of nitrogens with zero attached hydrogens (tertiary/aromatic N) is 2. The number of aromatic amines is 1. The van der Waals surface area contributed by atoms with Crippen molar-refractivity contribution in [1.82, 2.24) is 14.8 Å². The monoisotopic (exact) mass is 496 g/mol. The molecule has 180 valence electrons. The molecule has 4 rings (SSSR count). The number of ether oxygens (including phenoxy) is 2. The number of hydrogen-bond acceptors (Lipinski definition) is 5. The Bertz CT molecular complexity index is 1400. The van der Waals surface area contributed by atoms with Crippen LogP contribution < -0.4 is 14.8 Å². The molecule has 0 bridgehead atoms. The van der Waals surface area contributed by atoms with E-state index in [-0.39, 0.29) is 18.2 Å². The number of amides is 1. The van der Waals surface area contributed by atoms with Gasteiger partial charge in [-0.2, -0.15) is 13.9 Å². The van der Waals surface area contributed by atoms with Crippen molar-refractivity contribution in [2.75, 3.05) is 12.4 Å². The van der Waals surface area contributed by atoms with Gasteiger partial charge in [0.2, 0.25) is 5.91 Å². The lowest BCUT2D eigenvalue weighted by molar-refractivity contribution is -0.116. The molecule has 0 unspecified atom stereocenters. The number of benzene rings is 3. The third-order valence-corrected chi connectivity index (χ3v) is 5.53. The number of nitrogens with one attached hydrogen (secondary N) is 2. The predicted molar refractivity (Wildman–Crippen MR) is 131 cm³/mol. The molecule has 1 amide bonds. The molecule has 7 nitrogen and oxygen atoms in total. The Morgan fingerprint density at radius 2 is 1.89 bits per heavy atom. The Morgan fingerprint density at radius 1 is 1.11 bits per heavy atom. The van der Waals surface area contributed by atoms with Crippen LogP contribution in [0.4, 0.5) is 14.5 Å². The number of H-pyrrole nitrogens is 1. The molecule has 10 heteroatoms. The number of methoxy groups -OCH3 is 1. The second kappa shape index (κ2) is 10.5. The van der Waals surface area contributed by atoms with E-state index >= 15 is 0 Å². The molecule has 3 aromatic carbocycles. The molecule has 0 saturated heterocycles. The van der Waals surface area contributed by atoms with Crippen LogP contribution in [-0.2, 0) is 11.3 Å². The largest absolute Gasteiger partial charge is 0.497 e. The van der Waals surface area contributed by atoms with Crippen molar-refractivity contribution in [2.24, 2.45) is 0 Å². The van der Waals surface area contributed by atoms with E-state index < -0.39 is 6.61 Å². The third-order valence-electron chi connectivity index (χ3n) is 5.22. The minimum absolute atomic E-state index is 0.0121. The summed E-state index contributed by atoms with van der Waals surface area (Å²) in [5.74, 6) is 0.783. The first-order chi connectivity index (χ1) is 16.8. The second-order valence-electron chi connectivity index (χ2n) is 7.67. The topological polar surface area (TPSA) is 81.2 Å². The van der Waals surface area contributed by atoms with Crippen LogP contribution in [0.5, 0.6) is 11.5 Å². The van der Waals surface area contributed by atoms with E-state index in [1.54, 1.807) is 34.9 Å². The van der Waals surface area contributed by atoms with Crippen LogP contribution in [0.15, 0.2) is 66.7 Å². The number of aromatic nitrogens is 3. The summed E-state index contributed by atoms with van der Waals surface area (Å²) in [4.78, 5) is 12.9. The summed E-state index contributed by atoms with van der Waals surface area (Å²) in [5, 5.41) is 9.79. The number of carbonyl (C=O) groups excluding carboxylic acids is 1. The van der Waals surface area contributed by atoms with Gasteiger partial charge in [0.25, 0.3) is 0 Å². The van der Waals surface area contributed by atoms with Gasteiger partial charge in [-0.05, 0) is 61.1 Å². The molecule has 0 aliphatic carbocycles. The zero-order valence-corrected chi connectivity index (χ0v) is 19.7. The number of carbonyl (C=O) groups is 1. The molecule has 0 aliphatic rings. The first kappa shape index (κ1) is 24.1. The van der Waals surface area contributed by atoms with Gasteiger partial charge in [-0.15, -0.1) is 0 Å². The van der Waals surface area contributed by atoms with E-state index in [1.165, 1.54) is 19.2 Å². The maximum atomic E-state index is 13.0. The van der Waals surface area contributed by atoms with Crippen LogP contribution in [0.3, 0.4) is 0 Å². The van der Waals surface area contributed by atoms with E-state index in [4.69, 9.17) is 17.0 Å². The van der Waals surface area contributed by atoms with Gasteiger partial charge in [-0.1, -0.05) is 35.9 Å². The van der Waals surface area contributed by atoms with Crippen molar-refractivity contribution >= 4 is 23.8 Å². The molecule has 1 heterocycles. The molecule has 35 heavy (non-hydrogen) atoms. The maximum absolute atomic E-state index is 13.0. The lowest BCUT2D eigenvalue weighted by Gasteiger charge is -2.14. The maximum Gasteiger partial charge on any atom is 0.387 e. The third kappa shape index (κ3) is 5.72. The van der Waals surface area contributed by atoms with E-state index in [0.717, 1.165) is 11.1 Å². The molecular formula is C25H22F2N4O3S. The fraction of sp³-hybridized carbons (Fsp3) is 0.160. The van der Waals surface area contributed by atoms with Gasteiger partial charge in [0.15, 0.2) is 10.6 Å². The van der Waals surface area contributed by atoms with Gasteiger partial charge < -0.3 is 14.8 Å². The van der Waals surface area contributed by atoms with Crippen LogP contribution in [0, 0.1) is 11.7 Å². The van der Waals surface area contributed by atoms with Crippen molar-refractivity contribution in [3.63, 3.8) is 0 Å². The second-order valence-corrected chi connectivity index (χ2v) is 8.06. The van der Waals surface area contributed by atoms with Gasteiger partial charge in [-0.3, -0.25) is 14.5 Å². The van der Waals surface area contributed by atoms with Gasteiger partial charge in [-0.25, -0.2) is 0 Å². The minimum Gasteiger partial charge on any atom is -0.497 e. The summed E-state index contributed by atoms with van der Waals surface area (Å²) in [6.07, 6.45) is 0. The lowest BCUT2D eigenvalue weighted by Crippen LogP contribution is -2.19. The standard InChI is InChI=1S/C25H22F2N4O3S/c1-15-4-3-5-17(12-15)23-29-30-25(35)31(23)14-22(32)28-18-8-11-21(34-24(26)27)20(13-18)16-6-9-19(33-2)10-7-16/h3-13,24H,14H2,1-2H3,(H,28,32)(H,30,35). The highest BCUT2D eigenvalue weighted by molar-refractivity contribution is 7.71. The fourth-order valence-electron chi connectivity index (χ4n) is 3.62. The molecule has 0 radical (unpaired) electrons. The van der Waals surface area contributed by atoms with Crippen LogP contribution >= 0.6 is 12.2 Å². The smallest absolute Gasteiger partial charge is 0.387 e. The molecular weight excluding hydrogens is 474 g/mol. The fourth-order valence-corrected chi connectivity index (χ4v) is 3.81. The quantitative estimate of drug-likeness (QED) is 0.300. The van der Waals surface area contributed by atoms with Crippen molar-refractivity contribution < 1.29 is 23.0 Å². The Balaban J connectivity index is 1.59. The number of halogens is 2. The van der Waals surface area contributed by atoms with Crippen LogP contribution in [-0.4, -0.2) is 34.4 Å². The van der Waals surface area contributed by atoms with Crippen molar-refractivity contribution in [3.8, 4) is 34.0 Å². The van der Waals surface area contributed by atoms with Gasteiger partial charge in [0.1, 0.15) is 18.0 Å². The molecule has 0 fully saturated rings. The number of hydrogen-bond donors (Lipinski definition) is 2. The zero-order valence-electron chi connectivity index (χ0n) is 18.9. The summed E-state index contributed by atoms with van der Waals surface area (Å²) in [7, 11) is 1.53. The zero-order chi connectivity index (χ0) is 24.9. The predicted octanol–water partition coefficient (Wildman–Crippen LogP) is 5.83.